The molecule has 1 saturated heterocycles. The predicted octanol–water partition coefficient (Wildman–Crippen LogP) is 3.60. The molecule has 0 aromatic heterocycles. The maximum Gasteiger partial charge on any atom is 0.127 e. The minimum Gasteiger partial charge on any atom is -0.310 e. The number of nitrogens with one attached hydrogen (secondary N) is 1. The Hall–Kier alpha value is -0.930. The molecule has 2 rings (SSSR count). The van der Waals surface area contributed by atoms with Crippen molar-refractivity contribution in [1.82, 2.24) is 10.2 Å². The van der Waals surface area contributed by atoms with E-state index in [1.54, 1.807) is 12.1 Å². The van der Waals surface area contributed by atoms with Crippen LogP contribution in [0, 0.1) is 11.7 Å². The van der Waals surface area contributed by atoms with Crippen LogP contribution in [0.4, 0.5) is 4.39 Å². The molecule has 2 nitrogen and oxygen atoms in total. The molecule has 2 atom stereocenters. The van der Waals surface area contributed by atoms with Gasteiger partial charge in [-0.1, -0.05) is 32.0 Å². The third-order valence-corrected chi connectivity index (χ3v) is 4.17. The van der Waals surface area contributed by atoms with Gasteiger partial charge in [0, 0.05) is 18.2 Å². The van der Waals surface area contributed by atoms with Gasteiger partial charge in [0.15, 0.2) is 0 Å². The summed E-state index contributed by atoms with van der Waals surface area (Å²) < 4.78 is 14.1. The smallest absolute Gasteiger partial charge is 0.127 e. The highest BCUT2D eigenvalue weighted by Crippen LogP contribution is 2.26. The molecule has 3 heteroatoms. The lowest BCUT2D eigenvalue weighted by molar-refractivity contribution is 0.245. The molecule has 1 N–H and O–H groups in total. The van der Waals surface area contributed by atoms with Crippen molar-refractivity contribution in [3.8, 4) is 0 Å². The average molecular weight is 278 g/mol. The van der Waals surface area contributed by atoms with Crippen LogP contribution in [0.15, 0.2) is 24.3 Å². The van der Waals surface area contributed by atoms with Gasteiger partial charge in [0.25, 0.3) is 0 Å². The molecule has 20 heavy (non-hydrogen) atoms. The van der Waals surface area contributed by atoms with E-state index in [1.807, 2.05) is 12.1 Å². The first-order valence-electron chi connectivity index (χ1n) is 7.92. The number of nitrogens with zero attached hydrogens (tertiary/aromatic N) is 1. The lowest BCUT2D eigenvalue weighted by atomic mass is 9.93. The molecule has 0 saturated carbocycles. The van der Waals surface area contributed by atoms with Gasteiger partial charge in [0.05, 0.1) is 0 Å². The van der Waals surface area contributed by atoms with Crippen LogP contribution in [0.2, 0.25) is 0 Å². The highest BCUT2D eigenvalue weighted by Gasteiger charge is 2.24. The van der Waals surface area contributed by atoms with Gasteiger partial charge >= 0.3 is 0 Å². The van der Waals surface area contributed by atoms with Crippen molar-refractivity contribution in [2.75, 3.05) is 26.2 Å². The molecule has 1 aromatic rings. The molecule has 0 radical (unpaired) electrons. The van der Waals surface area contributed by atoms with Crippen LogP contribution in [0.25, 0.3) is 0 Å². The summed E-state index contributed by atoms with van der Waals surface area (Å²) in [5.41, 5.74) is 0.813. The minimum absolute atomic E-state index is 0.0885. The molecule has 0 bridgehead atoms. The van der Waals surface area contributed by atoms with Crippen molar-refractivity contribution >= 4 is 0 Å². The van der Waals surface area contributed by atoms with Gasteiger partial charge in [-0.15, -0.1) is 0 Å². The summed E-state index contributed by atoms with van der Waals surface area (Å²) in [5.74, 6) is 0.325. The Morgan fingerprint density at radius 3 is 2.60 bits per heavy atom. The largest absolute Gasteiger partial charge is 0.310 e. The molecule has 0 aliphatic carbocycles. The molecular formula is C17H27FN2. The van der Waals surface area contributed by atoms with Crippen molar-refractivity contribution in [2.24, 2.45) is 5.92 Å². The third kappa shape index (κ3) is 4.03. The average Bonchev–Trinajstić information content (AvgIpc) is 2.94. The second-order valence-corrected chi connectivity index (χ2v) is 5.94. The lowest BCUT2D eigenvalue weighted by Crippen LogP contribution is -2.35. The van der Waals surface area contributed by atoms with Crippen molar-refractivity contribution in [2.45, 2.75) is 39.2 Å². The van der Waals surface area contributed by atoms with Gasteiger partial charge in [-0.3, -0.25) is 0 Å². The Morgan fingerprint density at radius 1 is 1.25 bits per heavy atom. The lowest BCUT2D eigenvalue weighted by Gasteiger charge is -2.29. The first kappa shape index (κ1) is 15.5. The van der Waals surface area contributed by atoms with Crippen molar-refractivity contribution in [3.05, 3.63) is 35.6 Å². The van der Waals surface area contributed by atoms with Gasteiger partial charge in [0.2, 0.25) is 0 Å². The Balaban J connectivity index is 2.07. The van der Waals surface area contributed by atoms with Crippen molar-refractivity contribution in [1.29, 1.82) is 0 Å². The first-order chi connectivity index (χ1) is 9.72. The first-order valence-corrected chi connectivity index (χ1v) is 7.92. The second-order valence-electron chi connectivity index (χ2n) is 5.94. The fourth-order valence-electron chi connectivity index (χ4n) is 3.12. The van der Waals surface area contributed by atoms with E-state index in [0.717, 1.165) is 25.1 Å². The van der Waals surface area contributed by atoms with Gasteiger partial charge in [-0.25, -0.2) is 4.39 Å². The summed E-state index contributed by atoms with van der Waals surface area (Å²) in [6.07, 6.45) is 3.68. The van der Waals surface area contributed by atoms with Crippen LogP contribution in [0.3, 0.4) is 0 Å². The van der Waals surface area contributed by atoms with Crippen LogP contribution < -0.4 is 5.32 Å². The van der Waals surface area contributed by atoms with E-state index in [9.17, 15) is 4.39 Å². The summed E-state index contributed by atoms with van der Waals surface area (Å²) in [7, 11) is 0. The fourth-order valence-corrected chi connectivity index (χ4v) is 3.12. The predicted molar refractivity (Wildman–Crippen MR) is 82.3 cm³/mol. The minimum atomic E-state index is -0.0885. The number of hydrogen-bond donors (Lipinski definition) is 1. The molecule has 1 aliphatic rings. The zero-order valence-electron chi connectivity index (χ0n) is 12.7. The molecule has 1 fully saturated rings. The monoisotopic (exact) mass is 278 g/mol. The Bertz CT molecular complexity index is 402. The molecule has 1 aliphatic heterocycles. The van der Waals surface area contributed by atoms with Gasteiger partial charge in [0.1, 0.15) is 5.82 Å². The van der Waals surface area contributed by atoms with E-state index >= 15 is 0 Å². The number of likely N-dealkylation sites (tertiary alicyclic amines) is 1. The number of halogens is 1. The normalized spacial score (nSPS) is 19.1. The quantitative estimate of drug-likeness (QED) is 0.820. The number of hydrogen-bond acceptors (Lipinski definition) is 2. The maximum absolute atomic E-state index is 14.1. The van der Waals surface area contributed by atoms with Gasteiger partial charge < -0.3 is 10.2 Å². The maximum atomic E-state index is 14.1. The topological polar surface area (TPSA) is 15.3 Å². The Labute approximate surface area is 122 Å². The van der Waals surface area contributed by atoms with Gasteiger partial charge in [-0.2, -0.15) is 0 Å². The fraction of sp³-hybridized carbons (Fsp3) is 0.647. The van der Waals surface area contributed by atoms with Crippen molar-refractivity contribution < 1.29 is 4.39 Å². The molecule has 0 spiro atoms. The zero-order chi connectivity index (χ0) is 14.4. The van der Waals surface area contributed by atoms with Gasteiger partial charge in [-0.05, 0) is 50.9 Å². The summed E-state index contributed by atoms with van der Waals surface area (Å²) in [6, 6.07) is 7.29. The highest BCUT2D eigenvalue weighted by atomic mass is 19.1. The summed E-state index contributed by atoms with van der Waals surface area (Å²) in [5, 5.41) is 3.53. The standard InChI is InChI=1S/C17H27FN2/c1-3-10-19-17(15-8-4-5-9-16(15)18)14(2)13-20-11-6-7-12-20/h4-5,8-9,14,17,19H,3,6-7,10-13H2,1-2H3. The van der Waals surface area contributed by atoms with Crippen molar-refractivity contribution in [3.63, 3.8) is 0 Å². The number of rotatable bonds is 7. The summed E-state index contributed by atoms with van der Waals surface area (Å²) in [4.78, 5) is 2.51. The molecule has 2 unspecified atom stereocenters. The van der Waals surface area contributed by atoms with Crippen LogP contribution in [0.5, 0.6) is 0 Å². The second kappa shape index (κ2) is 7.75. The molecular weight excluding hydrogens is 251 g/mol. The molecule has 1 aromatic carbocycles. The van der Waals surface area contributed by atoms with E-state index < -0.39 is 0 Å². The SMILES string of the molecule is CCCNC(c1ccccc1F)C(C)CN1CCCC1. The summed E-state index contributed by atoms with van der Waals surface area (Å²) >= 11 is 0. The molecule has 0 amide bonds. The van der Waals surface area contributed by atoms with E-state index in [2.05, 4.69) is 24.1 Å². The molecule has 1 heterocycles. The Morgan fingerprint density at radius 2 is 1.95 bits per heavy atom. The third-order valence-electron chi connectivity index (χ3n) is 4.17. The summed E-state index contributed by atoms with van der Waals surface area (Å²) in [6.45, 7) is 8.76. The van der Waals surface area contributed by atoms with E-state index in [-0.39, 0.29) is 11.9 Å². The van der Waals surface area contributed by atoms with Crippen LogP contribution in [-0.4, -0.2) is 31.1 Å². The van der Waals surface area contributed by atoms with E-state index in [0.29, 0.717) is 5.92 Å². The number of benzene rings is 1. The zero-order valence-corrected chi connectivity index (χ0v) is 12.7. The van der Waals surface area contributed by atoms with E-state index in [4.69, 9.17) is 0 Å². The van der Waals surface area contributed by atoms with Crippen LogP contribution in [0.1, 0.15) is 44.7 Å². The highest BCUT2D eigenvalue weighted by molar-refractivity contribution is 5.22. The Kier molecular flexibility index (Phi) is 5.99. The van der Waals surface area contributed by atoms with Crippen LogP contribution >= 0.6 is 0 Å². The van der Waals surface area contributed by atoms with Crippen LogP contribution in [-0.2, 0) is 0 Å². The molecule has 112 valence electrons. The van der Waals surface area contributed by atoms with E-state index in [1.165, 1.54) is 25.9 Å².